The summed E-state index contributed by atoms with van der Waals surface area (Å²) in [5.41, 5.74) is -0.328. The average molecular weight is 260 g/mol. The van der Waals surface area contributed by atoms with Crippen LogP contribution in [0.25, 0.3) is 0 Å². The van der Waals surface area contributed by atoms with Gasteiger partial charge in [-0.1, -0.05) is 20.8 Å². The van der Waals surface area contributed by atoms with Gasteiger partial charge in [0.25, 0.3) is 0 Å². The summed E-state index contributed by atoms with van der Waals surface area (Å²) in [5, 5.41) is 3.00. The minimum atomic E-state index is -0.328. The van der Waals surface area contributed by atoms with E-state index in [0.717, 1.165) is 6.54 Å². The third kappa shape index (κ3) is 8.44. The number of rotatable bonds is 9. The van der Waals surface area contributed by atoms with Gasteiger partial charge in [-0.25, -0.2) is 0 Å². The number of ether oxygens (including phenoxy) is 2. The first-order valence-electron chi connectivity index (χ1n) is 6.45. The number of carbonyl (C=O) groups excluding carboxylic acids is 1. The molecule has 0 unspecified atom stereocenters. The van der Waals surface area contributed by atoms with Crippen LogP contribution >= 0.6 is 0 Å². The molecule has 5 nitrogen and oxygen atoms in total. The van der Waals surface area contributed by atoms with Crippen LogP contribution in [0.5, 0.6) is 0 Å². The number of carbonyl (C=O) groups is 1. The van der Waals surface area contributed by atoms with E-state index in [1.807, 2.05) is 27.8 Å². The highest BCUT2D eigenvalue weighted by Gasteiger charge is 2.24. The van der Waals surface area contributed by atoms with Gasteiger partial charge in [-0.15, -0.1) is 0 Å². The third-order valence-corrected chi connectivity index (χ3v) is 2.43. The van der Waals surface area contributed by atoms with Crippen molar-refractivity contribution in [2.24, 2.45) is 5.41 Å². The van der Waals surface area contributed by atoms with E-state index in [1.54, 1.807) is 11.9 Å². The van der Waals surface area contributed by atoms with Crippen molar-refractivity contribution < 1.29 is 14.3 Å². The smallest absolute Gasteiger partial charge is 0.227 e. The van der Waals surface area contributed by atoms with Gasteiger partial charge in [0.2, 0.25) is 5.91 Å². The fourth-order valence-electron chi connectivity index (χ4n) is 1.37. The number of nitrogens with zero attached hydrogens (tertiary/aromatic N) is 1. The summed E-state index contributed by atoms with van der Waals surface area (Å²) in [6.45, 7) is 9.64. The summed E-state index contributed by atoms with van der Waals surface area (Å²) < 4.78 is 10.7. The summed E-state index contributed by atoms with van der Waals surface area (Å²) in [5.74, 6) is 0.136. The summed E-state index contributed by atoms with van der Waals surface area (Å²) in [7, 11) is 3.70. The fourth-order valence-corrected chi connectivity index (χ4v) is 1.37. The second-order valence-corrected chi connectivity index (χ2v) is 5.31. The highest BCUT2D eigenvalue weighted by atomic mass is 16.5. The Balaban J connectivity index is 3.46. The lowest BCUT2D eigenvalue weighted by Gasteiger charge is -2.25. The first kappa shape index (κ1) is 17.4. The van der Waals surface area contributed by atoms with Gasteiger partial charge in [0.1, 0.15) is 0 Å². The van der Waals surface area contributed by atoms with Gasteiger partial charge in [-0.05, 0) is 7.05 Å². The highest BCUT2D eigenvalue weighted by Crippen LogP contribution is 2.15. The van der Waals surface area contributed by atoms with Crippen molar-refractivity contribution in [2.45, 2.75) is 20.8 Å². The zero-order valence-corrected chi connectivity index (χ0v) is 12.4. The Morgan fingerprint density at radius 1 is 1.11 bits per heavy atom. The quantitative estimate of drug-likeness (QED) is 0.621. The molecule has 0 spiro atoms. The van der Waals surface area contributed by atoms with Crippen LogP contribution in [-0.4, -0.2) is 64.4 Å². The Kier molecular flexibility index (Phi) is 8.97. The molecule has 0 atom stereocenters. The second-order valence-electron chi connectivity index (χ2n) is 5.31. The van der Waals surface area contributed by atoms with E-state index in [4.69, 9.17) is 9.47 Å². The first-order valence-corrected chi connectivity index (χ1v) is 6.45. The van der Waals surface area contributed by atoms with Crippen LogP contribution < -0.4 is 5.32 Å². The van der Waals surface area contributed by atoms with Crippen molar-refractivity contribution in [3.8, 4) is 0 Å². The zero-order chi connectivity index (χ0) is 14.0. The molecule has 0 aliphatic carbocycles. The SMILES string of the molecule is CNCCOCCOCCN(C)C(=O)C(C)(C)C. The van der Waals surface area contributed by atoms with E-state index >= 15 is 0 Å². The minimum absolute atomic E-state index is 0.136. The summed E-state index contributed by atoms with van der Waals surface area (Å²) in [4.78, 5) is 13.6. The van der Waals surface area contributed by atoms with E-state index in [-0.39, 0.29) is 11.3 Å². The molecule has 0 saturated heterocycles. The van der Waals surface area contributed by atoms with E-state index < -0.39 is 0 Å². The van der Waals surface area contributed by atoms with Crippen LogP contribution in [0.1, 0.15) is 20.8 Å². The normalized spacial score (nSPS) is 11.6. The van der Waals surface area contributed by atoms with Crippen molar-refractivity contribution in [2.75, 3.05) is 53.6 Å². The van der Waals surface area contributed by atoms with Crippen molar-refractivity contribution in [3.05, 3.63) is 0 Å². The number of hydrogen-bond acceptors (Lipinski definition) is 4. The Labute approximate surface area is 111 Å². The number of nitrogens with one attached hydrogen (secondary N) is 1. The molecule has 0 heterocycles. The fraction of sp³-hybridized carbons (Fsp3) is 0.923. The summed E-state index contributed by atoms with van der Waals surface area (Å²) in [6.07, 6.45) is 0. The van der Waals surface area contributed by atoms with Gasteiger partial charge in [0, 0.05) is 25.6 Å². The van der Waals surface area contributed by atoms with Gasteiger partial charge in [0.05, 0.1) is 26.4 Å². The maximum absolute atomic E-state index is 11.8. The van der Waals surface area contributed by atoms with Crippen molar-refractivity contribution >= 4 is 5.91 Å². The molecule has 0 aromatic rings. The molecule has 0 bridgehead atoms. The topological polar surface area (TPSA) is 50.8 Å². The van der Waals surface area contributed by atoms with Gasteiger partial charge in [-0.3, -0.25) is 4.79 Å². The molecule has 0 aromatic heterocycles. The van der Waals surface area contributed by atoms with E-state index in [2.05, 4.69) is 5.32 Å². The molecule has 108 valence electrons. The number of likely N-dealkylation sites (N-methyl/N-ethyl adjacent to an activating group) is 2. The Morgan fingerprint density at radius 2 is 1.67 bits per heavy atom. The van der Waals surface area contributed by atoms with Crippen LogP contribution in [-0.2, 0) is 14.3 Å². The monoisotopic (exact) mass is 260 g/mol. The third-order valence-electron chi connectivity index (χ3n) is 2.43. The summed E-state index contributed by atoms with van der Waals surface area (Å²) in [6, 6.07) is 0. The van der Waals surface area contributed by atoms with E-state index in [0.29, 0.717) is 33.0 Å². The molecule has 0 aliphatic heterocycles. The molecular weight excluding hydrogens is 232 g/mol. The lowest BCUT2D eigenvalue weighted by molar-refractivity contribution is -0.138. The molecule has 0 saturated carbocycles. The molecular formula is C13H28N2O3. The molecule has 1 amide bonds. The maximum atomic E-state index is 11.8. The highest BCUT2D eigenvalue weighted by molar-refractivity contribution is 5.81. The Bertz CT molecular complexity index is 227. The molecule has 1 N–H and O–H groups in total. The van der Waals surface area contributed by atoms with Crippen molar-refractivity contribution in [1.82, 2.24) is 10.2 Å². The minimum Gasteiger partial charge on any atom is -0.378 e. The average Bonchev–Trinajstić information content (AvgIpc) is 2.30. The van der Waals surface area contributed by atoms with E-state index in [1.165, 1.54) is 0 Å². The largest absolute Gasteiger partial charge is 0.378 e. The lowest BCUT2D eigenvalue weighted by Crippen LogP contribution is -2.38. The maximum Gasteiger partial charge on any atom is 0.227 e. The van der Waals surface area contributed by atoms with Gasteiger partial charge in [0.15, 0.2) is 0 Å². The van der Waals surface area contributed by atoms with Crippen LogP contribution in [0.3, 0.4) is 0 Å². The molecule has 0 aliphatic rings. The Hall–Kier alpha value is -0.650. The standard InChI is InChI=1S/C13H28N2O3/c1-13(2,3)12(16)15(5)7-9-18-11-10-17-8-6-14-4/h14H,6-11H2,1-5H3. The summed E-state index contributed by atoms with van der Waals surface area (Å²) >= 11 is 0. The zero-order valence-electron chi connectivity index (χ0n) is 12.4. The van der Waals surface area contributed by atoms with Crippen LogP contribution in [0.2, 0.25) is 0 Å². The molecule has 0 rings (SSSR count). The molecule has 18 heavy (non-hydrogen) atoms. The predicted molar refractivity (Wildman–Crippen MR) is 72.7 cm³/mol. The molecule has 0 fully saturated rings. The molecule has 0 aromatic carbocycles. The van der Waals surface area contributed by atoms with Crippen LogP contribution in [0, 0.1) is 5.41 Å². The second kappa shape index (κ2) is 9.30. The van der Waals surface area contributed by atoms with Crippen LogP contribution in [0.15, 0.2) is 0 Å². The van der Waals surface area contributed by atoms with Gasteiger partial charge < -0.3 is 19.7 Å². The first-order chi connectivity index (χ1) is 8.39. The molecule has 0 radical (unpaired) electrons. The van der Waals surface area contributed by atoms with Gasteiger partial charge >= 0.3 is 0 Å². The predicted octanol–water partition coefficient (Wildman–Crippen LogP) is 0.744. The molecule has 5 heteroatoms. The van der Waals surface area contributed by atoms with Crippen molar-refractivity contribution in [1.29, 1.82) is 0 Å². The lowest BCUT2D eigenvalue weighted by atomic mass is 9.95. The van der Waals surface area contributed by atoms with Gasteiger partial charge in [-0.2, -0.15) is 0 Å². The number of hydrogen-bond donors (Lipinski definition) is 1. The van der Waals surface area contributed by atoms with E-state index in [9.17, 15) is 4.79 Å². The van der Waals surface area contributed by atoms with Crippen molar-refractivity contribution in [3.63, 3.8) is 0 Å². The number of amides is 1. The Morgan fingerprint density at radius 3 is 2.17 bits per heavy atom. The van der Waals surface area contributed by atoms with Crippen LogP contribution in [0.4, 0.5) is 0 Å².